The summed E-state index contributed by atoms with van der Waals surface area (Å²) in [4.78, 5) is 2.30. The highest BCUT2D eigenvalue weighted by Crippen LogP contribution is 2.21. The molecule has 0 spiro atoms. The number of benzene rings is 1. The highest BCUT2D eigenvalue weighted by Gasteiger charge is 2.26. The topological polar surface area (TPSA) is 15.3 Å². The molecule has 1 aliphatic rings. The average molecular weight is 318 g/mol. The molecule has 0 saturated carbocycles. The lowest BCUT2D eigenvalue weighted by atomic mass is 9.94. The first kappa shape index (κ1) is 17.2. The van der Waals surface area contributed by atoms with Gasteiger partial charge in [-0.1, -0.05) is 12.1 Å². The second kappa shape index (κ2) is 7.92. The third-order valence-electron chi connectivity index (χ3n) is 3.98. The molecule has 0 aromatic heterocycles. The number of nitrogens with zero attached hydrogens (tertiary/aromatic N) is 1. The van der Waals surface area contributed by atoms with Crippen LogP contribution in [0.15, 0.2) is 24.3 Å². The molecule has 124 valence electrons. The van der Waals surface area contributed by atoms with Gasteiger partial charge in [-0.3, -0.25) is 4.90 Å². The van der Waals surface area contributed by atoms with Crippen LogP contribution in [-0.4, -0.2) is 37.3 Å². The lowest BCUT2D eigenvalue weighted by Gasteiger charge is -2.33. The fourth-order valence-electron chi connectivity index (χ4n) is 2.91. The summed E-state index contributed by atoms with van der Waals surface area (Å²) in [5.41, 5.74) is 1.07. The van der Waals surface area contributed by atoms with Crippen LogP contribution in [0.5, 0.6) is 0 Å². The number of alkyl halides is 3. The van der Waals surface area contributed by atoms with Crippen molar-refractivity contribution in [1.29, 1.82) is 0 Å². The van der Waals surface area contributed by atoms with Gasteiger partial charge in [0.1, 0.15) is 5.82 Å². The van der Waals surface area contributed by atoms with Crippen molar-refractivity contribution in [3.05, 3.63) is 35.6 Å². The largest absolute Gasteiger partial charge is 0.401 e. The van der Waals surface area contributed by atoms with E-state index in [1.54, 1.807) is 12.1 Å². The van der Waals surface area contributed by atoms with Crippen LogP contribution < -0.4 is 5.32 Å². The maximum Gasteiger partial charge on any atom is 0.401 e. The number of nitrogens with one attached hydrogen (secondary N) is 1. The maximum atomic E-state index is 12.9. The molecular weight excluding hydrogens is 296 g/mol. The Labute approximate surface area is 128 Å². The number of hydrogen-bond donors (Lipinski definition) is 1. The van der Waals surface area contributed by atoms with Gasteiger partial charge in [0, 0.05) is 13.1 Å². The summed E-state index contributed by atoms with van der Waals surface area (Å²) in [6.07, 6.45) is -1.25. The Morgan fingerprint density at radius 1 is 1.18 bits per heavy atom. The summed E-state index contributed by atoms with van der Waals surface area (Å²) in [6.45, 7) is 2.13. The maximum absolute atomic E-state index is 12.9. The zero-order valence-corrected chi connectivity index (χ0v) is 12.5. The minimum Gasteiger partial charge on any atom is -0.309 e. The number of piperidine rings is 1. The molecule has 1 fully saturated rings. The quantitative estimate of drug-likeness (QED) is 0.637. The van der Waals surface area contributed by atoms with Crippen LogP contribution in [-0.2, 0) is 6.54 Å². The van der Waals surface area contributed by atoms with E-state index in [-0.39, 0.29) is 5.82 Å². The third kappa shape index (κ3) is 6.32. The van der Waals surface area contributed by atoms with E-state index in [0.29, 0.717) is 12.5 Å². The Morgan fingerprint density at radius 3 is 2.59 bits per heavy atom. The van der Waals surface area contributed by atoms with Crippen molar-refractivity contribution in [3.8, 4) is 0 Å². The lowest BCUT2D eigenvalue weighted by Crippen LogP contribution is -2.37. The molecule has 0 radical (unpaired) electrons. The van der Waals surface area contributed by atoms with Gasteiger partial charge in [-0.25, -0.2) is 4.39 Å². The van der Waals surface area contributed by atoms with Crippen LogP contribution in [0.2, 0.25) is 0 Å². The van der Waals surface area contributed by atoms with Crippen molar-refractivity contribution in [2.45, 2.75) is 32.0 Å². The van der Waals surface area contributed by atoms with Gasteiger partial charge in [0.25, 0.3) is 0 Å². The van der Waals surface area contributed by atoms with E-state index in [1.165, 1.54) is 12.1 Å². The number of hydrogen-bond acceptors (Lipinski definition) is 2. The monoisotopic (exact) mass is 318 g/mol. The van der Waals surface area contributed by atoms with E-state index in [1.807, 2.05) is 0 Å². The minimum atomic E-state index is -4.14. The van der Waals surface area contributed by atoms with Crippen LogP contribution in [0.25, 0.3) is 0 Å². The Morgan fingerprint density at radius 2 is 1.91 bits per heavy atom. The molecular formula is C16H22F4N2. The van der Waals surface area contributed by atoms with Crippen molar-refractivity contribution < 1.29 is 17.6 Å². The summed E-state index contributed by atoms with van der Waals surface area (Å²) in [6, 6.07) is 6.48. The Bertz CT molecular complexity index is 444. The zero-order chi connectivity index (χ0) is 16.0. The number of likely N-dealkylation sites (tertiary alicyclic amines) is 1. The average Bonchev–Trinajstić information content (AvgIpc) is 2.46. The molecule has 1 unspecified atom stereocenters. The number of rotatable bonds is 6. The predicted molar refractivity (Wildman–Crippen MR) is 77.9 cm³/mol. The normalized spacial score (nSPS) is 20.3. The Kier molecular flexibility index (Phi) is 6.20. The molecule has 0 bridgehead atoms. The smallest absolute Gasteiger partial charge is 0.309 e. The second-order valence-corrected chi connectivity index (χ2v) is 5.95. The van der Waals surface area contributed by atoms with Gasteiger partial charge in [0.2, 0.25) is 0 Å². The summed E-state index contributed by atoms with van der Waals surface area (Å²) < 4.78 is 49.1. The predicted octanol–water partition coefficient (Wildman–Crippen LogP) is 3.58. The fourth-order valence-corrected chi connectivity index (χ4v) is 2.91. The van der Waals surface area contributed by atoms with E-state index in [0.717, 1.165) is 44.5 Å². The van der Waals surface area contributed by atoms with E-state index < -0.39 is 12.7 Å². The molecule has 0 amide bonds. The SMILES string of the molecule is Fc1ccc(CN2CCCC(CCNCC(F)(F)F)C2)cc1. The van der Waals surface area contributed by atoms with Crippen molar-refractivity contribution in [2.24, 2.45) is 5.92 Å². The summed E-state index contributed by atoms with van der Waals surface area (Å²) >= 11 is 0. The third-order valence-corrected chi connectivity index (χ3v) is 3.98. The van der Waals surface area contributed by atoms with Gasteiger partial charge in [0.05, 0.1) is 6.54 Å². The van der Waals surface area contributed by atoms with Gasteiger partial charge < -0.3 is 5.32 Å². The highest BCUT2D eigenvalue weighted by molar-refractivity contribution is 5.15. The molecule has 0 aliphatic carbocycles. The van der Waals surface area contributed by atoms with Gasteiger partial charge in [-0.15, -0.1) is 0 Å². The van der Waals surface area contributed by atoms with Gasteiger partial charge in [0.15, 0.2) is 0 Å². The second-order valence-electron chi connectivity index (χ2n) is 5.95. The van der Waals surface area contributed by atoms with Crippen LogP contribution in [0.4, 0.5) is 17.6 Å². The lowest BCUT2D eigenvalue weighted by molar-refractivity contribution is -0.124. The molecule has 6 heteroatoms. The molecule has 2 rings (SSSR count). The molecule has 1 aliphatic heterocycles. The van der Waals surface area contributed by atoms with Gasteiger partial charge in [-0.05, 0) is 56.0 Å². The van der Waals surface area contributed by atoms with Crippen LogP contribution in [0.1, 0.15) is 24.8 Å². The Hall–Kier alpha value is -1.14. The molecule has 1 atom stereocenters. The first-order chi connectivity index (χ1) is 10.4. The standard InChI is InChI=1S/C16H22F4N2/c17-15-5-3-14(4-6-15)11-22-9-1-2-13(10-22)7-8-21-12-16(18,19)20/h3-6,13,21H,1-2,7-12H2. The molecule has 2 nitrogen and oxygen atoms in total. The van der Waals surface area contributed by atoms with E-state index in [9.17, 15) is 17.6 Å². The summed E-state index contributed by atoms with van der Waals surface area (Å²) in [7, 11) is 0. The molecule has 1 N–H and O–H groups in total. The molecule has 1 aromatic rings. The van der Waals surface area contributed by atoms with E-state index in [4.69, 9.17) is 0 Å². The van der Waals surface area contributed by atoms with E-state index in [2.05, 4.69) is 10.2 Å². The van der Waals surface area contributed by atoms with Crippen molar-refractivity contribution in [2.75, 3.05) is 26.2 Å². The molecule has 1 saturated heterocycles. The molecule has 1 aromatic carbocycles. The molecule has 1 heterocycles. The van der Waals surface area contributed by atoms with E-state index >= 15 is 0 Å². The first-order valence-electron chi connectivity index (χ1n) is 7.66. The van der Waals surface area contributed by atoms with Crippen molar-refractivity contribution in [1.82, 2.24) is 10.2 Å². The van der Waals surface area contributed by atoms with Crippen LogP contribution in [0.3, 0.4) is 0 Å². The highest BCUT2D eigenvalue weighted by atomic mass is 19.4. The van der Waals surface area contributed by atoms with Crippen LogP contribution >= 0.6 is 0 Å². The Balaban J connectivity index is 1.71. The van der Waals surface area contributed by atoms with Crippen LogP contribution in [0, 0.1) is 11.7 Å². The van der Waals surface area contributed by atoms with Crippen molar-refractivity contribution >= 4 is 0 Å². The minimum absolute atomic E-state index is 0.240. The number of halogens is 4. The van der Waals surface area contributed by atoms with Crippen molar-refractivity contribution in [3.63, 3.8) is 0 Å². The van der Waals surface area contributed by atoms with Gasteiger partial charge >= 0.3 is 6.18 Å². The fraction of sp³-hybridized carbons (Fsp3) is 0.625. The summed E-state index contributed by atoms with van der Waals surface area (Å²) in [5.74, 6) is 0.186. The molecule has 22 heavy (non-hydrogen) atoms. The summed E-state index contributed by atoms with van der Waals surface area (Å²) in [5, 5.41) is 2.46. The van der Waals surface area contributed by atoms with Gasteiger partial charge in [-0.2, -0.15) is 13.2 Å². The first-order valence-corrected chi connectivity index (χ1v) is 7.66. The zero-order valence-electron chi connectivity index (χ0n) is 12.5.